The minimum atomic E-state index is -1.15. The number of aromatic nitrogens is 1. The predicted molar refractivity (Wildman–Crippen MR) is 58.6 cm³/mol. The summed E-state index contributed by atoms with van der Waals surface area (Å²) in [5.74, 6) is -0.969. The van der Waals surface area contributed by atoms with Gasteiger partial charge in [0, 0.05) is 5.56 Å². The number of benzene rings is 1. The molecule has 2 aromatic rings. The van der Waals surface area contributed by atoms with Gasteiger partial charge in [0.05, 0.1) is 0 Å². The van der Waals surface area contributed by atoms with E-state index < -0.39 is 5.97 Å². The molecule has 4 nitrogen and oxygen atoms in total. The second-order valence-corrected chi connectivity index (χ2v) is 3.71. The van der Waals surface area contributed by atoms with Crippen molar-refractivity contribution < 1.29 is 14.4 Å². The molecule has 0 spiro atoms. The SMILES string of the molecule is Cc1cccc(-c2onc(Cl)c2C(=O)O)c1. The van der Waals surface area contributed by atoms with Gasteiger partial charge in [0.1, 0.15) is 5.56 Å². The molecule has 0 unspecified atom stereocenters. The molecule has 0 amide bonds. The molecule has 0 aliphatic carbocycles. The van der Waals surface area contributed by atoms with Gasteiger partial charge in [0.15, 0.2) is 10.9 Å². The van der Waals surface area contributed by atoms with E-state index in [2.05, 4.69) is 5.16 Å². The third kappa shape index (κ3) is 1.79. The van der Waals surface area contributed by atoms with Crippen molar-refractivity contribution in [2.75, 3.05) is 0 Å². The summed E-state index contributed by atoms with van der Waals surface area (Å²) < 4.78 is 4.94. The molecule has 0 bridgehead atoms. The molecule has 82 valence electrons. The van der Waals surface area contributed by atoms with Crippen LogP contribution >= 0.6 is 11.6 Å². The van der Waals surface area contributed by atoms with Crippen LogP contribution < -0.4 is 0 Å². The first-order valence-corrected chi connectivity index (χ1v) is 4.93. The number of rotatable bonds is 2. The summed E-state index contributed by atoms with van der Waals surface area (Å²) in [7, 11) is 0. The van der Waals surface area contributed by atoms with Gasteiger partial charge in [0.25, 0.3) is 0 Å². The van der Waals surface area contributed by atoms with Crippen LogP contribution in [0.5, 0.6) is 0 Å². The number of carboxylic acid groups (broad SMARTS) is 1. The molecular formula is C11H8ClNO3. The Morgan fingerprint density at radius 3 is 2.88 bits per heavy atom. The smallest absolute Gasteiger partial charge is 0.342 e. The van der Waals surface area contributed by atoms with E-state index in [9.17, 15) is 4.79 Å². The van der Waals surface area contributed by atoms with E-state index in [1.807, 2.05) is 25.1 Å². The third-order valence-electron chi connectivity index (χ3n) is 2.14. The van der Waals surface area contributed by atoms with Crippen molar-refractivity contribution in [3.05, 3.63) is 40.5 Å². The van der Waals surface area contributed by atoms with Gasteiger partial charge in [-0.1, -0.05) is 40.5 Å². The largest absolute Gasteiger partial charge is 0.477 e. The molecule has 0 saturated heterocycles. The molecule has 1 aromatic heterocycles. The summed E-state index contributed by atoms with van der Waals surface area (Å²) in [5, 5.41) is 12.3. The fraction of sp³-hybridized carbons (Fsp3) is 0.0909. The lowest BCUT2D eigenvalue weighted by molar-refractivity contribution is 0.0697. The summed E-state index contributed by atoms with van der Waals surface area (Å²) in [6.45, 7) is 1.90. The maximum atomic E-state index is 11.0. The lowest BCUT2D eigenvalue weighted by Crippen LogP contribution is -1.97. The summed E-state index contributed by atoms with van der Waals surface area (Å²) in [5.41, 5.74) is 1.55. The summed E-state index contributed by atoms with van der Waals surface area (Å²) in [6.07, 6.45) is 0. The average Bonchev–Trinajstić information content (AvgIpc) is 2.60. The normalized spacial score (nSPS) is 10.4. The molecule has 0 fully saturated rings. The van der Waals surface area contributed by atoms with Gasteiger partial charge in [-0.3, -0.25) is 0 Å². The highest BCUT2D eigenvalue weighted by atomic mass is 35.5. The zero-order valence-electron chi connectivity index (χ0n) is 8.40. The number of hydrogen-bond acceptors (Lipinski definition) is 3. The van der Waals surface area contributed by atoms with Gasteiger partial charge in [-0.25, -0.2) is 4.79 Å². The van der Waals surface area contributed by atoms with Crippen molar-refractivity contribution in [1.82, 2.24) is 5.16 Å². The monoisotopic (exact) mass is 237 g/mol. The second-order valence-electron chi connectivity index (χ2n) is 3.35. The topological polar surface area (TPSA) is 63.3 Å². The number of aromatic carboxylic acids is 1. The first-order chi connectivity index (χ1) is 7.59. The van der Waals surface area contributed by atoms with Crippen LogP contribution in [0, 0.1) is 6.92 Å². The molecule has 2 rings (SSSR count). The Morgan fingerprint density at radius 2 is 2.25 bits per heavy atom. The van der Waals surface area contributed by atoms with Crippen molar-refractivity contribution in [2.45, 2.75) is 6.92 Å². The van der Waals surface area contributed by atoms with E-state index in [4.69, 9.17) is 21.2 Å². The number of hydrogen-bond donors (Lipinski definition) is 1. The summed E-state index contributed by atoms with van der Waals surface area (Å²) >= 11 is 5.64. The predicted octanol–water partition coefficient (Wildman–Crippen LogP) is 3.00. The van der Waals surface area contributed by atoms with E-state index in [0.29, 0.717) is 5.56 Å². The Hall–Kier alpha value is -1.81. The molecule has 0 aliphatic rings. The van der Waals surface area contributed by atoms with E-state index in [-0.39, 0.29) is 16.5 Å². The van der Waals surface area contributed by atoms with Crippen molar-refractivity contribution in [3.8, 4) is 11.3 Å². The van der Waals surface area contributed by atoms with Crippen molar-refractivity contribution in [2.24, 2.45) is 0 Å². The molecule has 5 heteroatoms. The number of nitrogens with zero attached hydrogens (tertiary/aromatic N) is 1. The molecule has 16 heavy (non-hydrogen) atoms. The highest BCUT2D eigenvalue weighted by molar-refractivity contribution is 6.32. The molecule has 1 heterocycles. The zero-order chi connectivity index (χ0) is 11.7. The van der Waals surface area contributed by atoms with E-state index in [1.54, 1.807) is 6.07 Å². The fourth-order valence-corrected chi connectivity index (χ4v) is 1.64. The highest BCUT2D eigenvalue weighted by Crippen LogP contribution is 2.29. The number of carbonyl (C=O) groups is 1. The Labute approximate surface area is 96.4 Å². The van der Waals surface area contributed by atoms with Crippen LogP contribution in [0.4, 0.5) is 0 Å². The minimum Gasteiger partial charge on any atom is -0.477 e. The Balaban J connectivity index is 2.60. The van der Waals surface area contributed by atoms with Crippen LogP contribution in [0.25, 0.3) is 11.3 Å². The van der Waals surface area contributed by atoms with E-state index >= 15 is 0 Å². The summed E-state index contributed by atoms with van der Waals surface area (Å²) in [6, 6.07) is 7.27. The van der Waals surface area contributed by atoms with Gasteiger partial charge in [0.2, 0.25) is 0 Å². The van der Waals surface area contributed by atoms with Crippen LogP contribution in [0.1, 0.15) is 15.9 Å². The number of halogens is 1. The maximum absolute atomic E-state index is 11.0. The molecule has 0 radical (unpaired) electrons. The molecule has 1 aromatic carbocycles. The van der Waals surface area contributed by atoms with Crippen molar-refractivity contribution in [3.63, 3.8) is 0 Å². The van der Waals surface area contributed by atoms with Gasteiger partial charge in [-0.05, 0) is 13.0 Å². The van der Waals surface area contributed by atoms with E-state index in [0.717, 1.165) is 5.56 Å². The van der Waals surface area contributed by atoms with Crippen molar-refractivity contribution in [1.29, 1.82) is 0 Å². The fourth-order valence-electron chi connectivity index (χ4n) is 1.44. The molecule has 0 aliphatic heterocycles. The van der Waals surface area contributed by atoms with Gasteiger partial charge in [-0.2, -0.15) is 0 Å². The zero-order valence-corrected chi connectivity index (χ0v) is 9.15. The second kappa shape index (κ2) is 3.98. The van der Waals surface area contributed by atoms with Crippen LogP contribution in [0.3, 0.4) is 0 Å². The van der Waals surface area contributed by atoms with Crippen LogP contribution in [0.15, 0.2) is 28.8 Å². The highest BCUT2D eigenvalue weighted by Gasteiger charge is 2.22. The van der Waals surface area contributed by atoms with Crippen LogP contribution in [-0.2, 0) is 0 Å². The number of carboxylic acids is 1. The minimum absolute atomic E-state index is 0.104. The van der Waals surface area contributed by atoms with E-state index in [1.165, 1.54) is 0 Å². The molecule has 0 saturated carbocycles. The Morgan fingerprint density at radius 1 is 1.50 bits per heavy atom. The lowest BCUT2D eigenvalue weighted by Gasteiger charge is -1.99. The van der Waals surface area contributed by atoms with Crippen LogP contribution in [0.2, 0.25) is 5.15 Å². The van der Waals surface area contributed by atoms with Gasteiger partial charge >= 0.3 is 5.97 Å². The third-order valence-corrected chi connectivity index (χ3v) is 2.40. The number of aryl methyl sites for hydroxylation is 1. The first kappa shape index (κ1) is 10.7. The Kier molecular flexibility index (Phi) is 2.66. The van der Waals surface area contributed by atoms with Gasteiger partial charge < -0.3 is 9.63 Å². The average molecular weight is 238 g/mol. The Bertz CT molecular complexity index is 548. The molecular weight excluding hydrogens is 230 g/mol. The van der Waals surface area contributed by atoms with Crippen LogP contribution in [-0.4, -0.2) is 16.2 Å². The maximum Gasteiger partial charge on any atom is 0.342 e. The summed E-state index contributed by atoms with van der Waals surface area (Å²) in [4.78, 5) is 11.0. The molecule has 1 N–H and O–H groups in total. The first-order valence-electron chi connectivity index (χ1n) is 4.55. The quantitative estimate of drug-likeness (QED) is 0.872. The standard InChI is InChI=1S/C11H8ClNO3/c1-6-3-2-4-7(5-6)9-8(11(14)15)10(12)13-16-9/h2-5H,1H3,(H,14,15). The molecule has 0 atom stereocenters. The van der Waals surface area contributed by atoms with Crippen molar-refractivity contribution >= 4 is 17.6 Å². The van der Waals surface area contributed by atoms with Gasteiger partial charge in [-0.15, -0.1) is 0 Å². The lowest BCUT2D eigenvalue weighted by atomic mass is 10.1.